The van der Waals surface area contributed by atoms with Gasteiger partial charge in [-0.25, -0.2) is 14.8 Å². The highest BCUT2D eigenvalue weighted by Crippen LogP contribution is 2.22. The van der Waals surface area contributed by atoms with Gasteiger partial charge in [-0.3, -0.25) is 0 Å². The van der Waals surface area contributed by atoms with E-state index in [-0.39, 0.29) is 18.1 Å². The lowest BCUT2D eigenvalue weighted by Gasteiger charge is -2.44. The summed E-state index contributed by atoms with van der Waals surface area (Å²) in [5.41, 5.74) is 0.452. The number of piperidine rings is 1. The van der Waals surface area contributed by atoms with Crippen LogP contribution in [0.4, 0.5) is 10.7 Å². The third-order valence-corrected chi connectivity index (χ3v) is 6.36. The molecule has 2 saturated heterocycles. The van der Waals surface area contributed by atoms with E-state index in [9.17, 15) is 4.79 Å². The van der Waals surface area contributed by atoms with Crippen LogP contribution in [0.3, 0.4) is 0 Å². The molecule has 0 saturated carbocycles. The fraction of sp³-hybridized carbons (Fsp3) is 0.739. The van der Waals surface area contributed by atoms with E-state index in [1.54, 1.807) is 12.4 Å². The Balaban J connectivity index is 1.43. The van der Waals surface area contributed by atoms with E-state index in [1.165, 1.54) is 32.5 Å². The predicted octanol–water partition coefficient (Wildman–Crippen LogP) is 2.71. The zero-order chi connectivity index (χ0) is 22.4. The predicted molar refractivity (Wildman–Crippen MR) is 122 cm³/mol. The molecule has 2 aliphatic rings. The van der Waals surface area contributed by atoms with E-state index in [4.69, 9.17) is 5.26 Å². The number of likely N-dealkylation sites (tertiary alicyclic amines) is 1. The van der Waals surface area contributed by atoms with Gasteiger partial charge in [0.2, 0.25) is 5.95 Å². The van der Waals surface area contributed by atoms with Gasteiger partial charge in [-0.1, -0.05) is 13.8 Å². The van der Waals surface area contributed by atoms with Crippen molar-refractivity contribution < 1.29 is 4.79 Å². The van der Waals surface area contributed by atoms with Crippen molar-refractivity contribution in [2.75, 3.05) is 44.2 Å². The summed E-state index contributed by atoms with van der Waals surface area (Å²) in [6, 6.07) is 2.18. The molecular formula is C23H37N7O. The van der Waals surface area contributed by atoms with E-state index in [1.807, 2.05) is 11.0 Å². The number of nitrogens with zero attached hydrogens (tertiary/aromatic N) is 6. The zero-order valence-corrected chi connectivity index (χ0v) is 19.4. The quantitative estimate of drug-likeness (QED) is 0.751. The second-order valence-corrected chi connectivity index (χ2v) is 9.55. The number of nitriles is 1. The second-order valence-electron chi connectivity index (χ2n) is 9.55. The van der Waals surface area contributed by atoms with Gasteiger partial charge < -0.3 is 20.0 Å². The molecule has 31 heavy (non-hydrogen) atoms. The van der Waals surface area contributed by atoms with E-state index in [0.717, 1.165) is 18.9 Å². The molecule has 2 atom stereocenters. The molecule has 0 aliphatic carbocycles. The number of hydrogen-bond donors (Lipinski definition) is 1. The molecule has 2 fully saturated rings. The Labute approximate surface area is 186 Å². The first-order valence-electron chi connectivity index (χ1n) is 11.6. The van der Waals surface area contributed by atoms with Gasteiger partial charge in [-0.2, -0.15) is 5.26 Å². The Morgan fingerprint density at radius 1 is 1.19 bits per heavy atom. The van der Waals surface area contributed by atoms with Crippen LogP contribution in [0.25, 0.3) is 0 Å². The Kier molecular flexibility index (Phi) is 8.08. The van der Waals surface area contributed by atoms with Crippen molar-refractivity contribution in [1.82, 2.24) is 25.1 Å². The lowest BCUT2D eigenvalue weighted by Crippen LogP contribution is -2.61. The van der Waals surface area contributed by atoms with Gasteiger partial charge in [0.15, 0.2) is 0 Å². The molecule has 1 aromatic rings. The van der Waals surface area contributed by atoms with Gasteiger partial charge in [0.05, 0.1) is 18.0 Å². The third-order valence-electron chi connectivity index (χ3n) is 6.36. The maximum atomic E-state index is 12.9. The molecule has 170 valence electrons. The summed E-state index contributed by atoms with van der Waals surface area (Å²) >= 11 is 0. The molecule has 8 nitrogen and oxygen atoms in total. The number of carbonyl (C=O) groups is 1. The topological polar surface area (TPSA) is 88.4 Å². The van der Waals surface area contributed by atoms with E-state index < -0.39 is 0 Å². The molecule has 1 N–H and O–H groups in total. The summed E-state index contributed by atoms with van der Waals surface area (Å²) in [4.78, 5) is 28.1. The molecule has 0 unspecified atom stereocenters. The van der Waals surface area contributed by atoms with Gasteiger partial charge in [-0.15, -0.1) is 0 Å². The Morgan fingerprint density at radius 2 is 1.81 bits per heavy atom. The summed E-state index contributed by atoms with van der Waals surface area (Å²) in [5, 5.41) is 12.1. The zero-order valence-electron chi connectivity index (χ0n) is 19.4. The first-order chi connectivity index (χ1) is 14.9. The summed E-state index contributed by atoms with van der Waals surface area (Å²) in [6.07, 6.45) is 6.62. The van der Waals surface area contributed by atoms with Crippen LogP contribution in [0.1, 0.15) is 52.5 Å². The molecule has 2 aliphatic heterocycles. The number of aromatic nitrogens is 2. The number of rotatable bonds is 6. The van der Waals surface area contributed by atoms with Crippen molar-refractivity contribution in [3.63, 3.8) is 0 Å². The average Bonchev–Trinajstić information content (AvgIpc) is 2.74. The highest BCUT2D eigenvalue weighted by atomic mass is 16.2. The standard InChI is InChI=1S/C23H37N7O/c1-17(2)14-28-9-6-20(7-10-28)5-8-25-23(31)30-18(3)15-29(16-19(30)4)22-26-12-21(11-24)13-27-22/h12-13,17-20H,5-10,14-16H2,1-4H3,(H,25,31)/t18-,19+. The van der Waals surface area contributed by atoms with E-state index in [0.29, 0.717) is 30.5 Å². The number of nitrogens with one attached hydrogen (secondary N) is 1. The van der Waals surface area contributed by atoms with Crippen LogP contribution in [-0.2, 0) is 0 Å². The maximum absolute atomic E-state index is 12.9. The minimum Gasteiger partial charge on any atom is -0.338 e. The van der Waals surface area contributed by atoms with Crippen LogP contribution in [0.2, 0.25) is 0 Å². The summed E-state index contributed by atoms with van der Waals surface area (Å²) in [5.74, 6) is 2.05. The fourth-order valence-corrected chi connectivity index (χ4v) is 4.88. The first-order valence-corrected chi connectivity index (χ1v) is 11.6. The molecule has 0 bridgehead atoms. The molecule has 1 aromatic heterocycles. The Hall–Kier alpha value is -2.40. The fourth-order valence-electron chi connectivity index (χ4n) is 4.88. The van der Waals surface area contributed by atoms with Crippen LogP contribution in [-0.4, -0.2) is 77.2 Å². The van der Waals surface area contributed by atoms with Crippen LogP contribution in [0.5, 0.6) is 0 Å². The summed E-state index contributed by atoms with van der Waals surface area (Å²) < 4.78 is 0. The maximum Gasteiger partial charge on any atom is 0.318 e. The summed E-state index contributed by atoms with van der Waals surface area (Å²) in [6.45, 7) is 14.4. The second kappa shape index (κ2) is 10.8. The molecule has 3 rings (SSSR count). The van der Waals surface area contributed by atoms with E-state index in [2.05, 4.69) is 52.8 Å². The van der Waals surface area contributed by atoms with Gasteiger partial charge in [-0.05, 0) is 58.0 Å². The normalized spacial score (nSPS) is 23.1. The number of anilines is 1. The van der Waals surface area contributed by atoms with Crippen molar-refractivity contribution in [1.29, 1.82) is 5.26 Å². The largest absolute Gasteiger partial charge is 0.338 e. The van der Waals surface area contributed by atoms with Gasteiger partial charge in [0.1, 0.15) is 6.07 Å². The van der Waals surface area contributed by atoms with Crippen molar-refractivity contribution in [3.05, 3.63) is 18.0 Å². The van der Waals surface area contributed by atoms with Gasteiger partial charge in [0, 0.05) is 38.3 Å². The number of hydrogen-bond acceptors (Lipinski definition) is 6. The molecular weight excluding hydrogens is 390 g/mol. The number of carbonyl (C=O) groups excluding carboxylic acids is 1. The highest BCUT2D eigenvalue weighted by molar-refractivity contribution is 5.75. The van der Waals surface area contributed by atoms with Crippen molar-refractivity contribution in [3.8, 4) is 6.07 Å². The number of piperazine rings is 1. The SMILES string of the molecule is CC(C)CN1CCC(CCNC(=O)N2[C@H](C)CN(c3ncc(C#N)cn3)C[C@@H]2C)CC1. The minimum absolute atomic E-state index is 0.0256. The molecule has 0 aromatic carbocycles. The van der Waals surface area contributed by atoms with E-state index >= 15 is 0 Å². The molecule has 0 spiro atoms. The molecule has 3 heterocycles. The molecule has 2 amide bonds. The summed E-state index contributed by atoms with van der Waals surface area (Å²) in [7, 11) is 0. The first kappa shape index (κ1) is 23.3. The van der Waals surface area contributed by atoms with Gasteiger partial charge >= 0.3 is 6.03 Å². The number of urea groups is 1. The Bertz CT molecular complexity index is 740. The third kappa shape index (κ3) is 6.30. The van der Waals surface area contributed by atoms with Crippen LogP contribution in [0.15, 0.2) is 12.4 Å². The lowest BCUT2D eigenvalue weighted by molar-refractivity contribution is 0.138. The minimum atomic E-state index is 0.0256. The van der Waals surface area contributed by atoms with Crippen molar-refractivity contribution >= 4 is 12.0 Å². The van der Waals surface area contributed by atoms with Crippen LogP contribution < -0.4 is 10.2 Å². The lowest BCUT2D eigenvalue weighted by atomic mass is 9.93. The number of amides is 2. The average molecular weight is 428 g/mol. The molecule has 0 radical (unpaired) electrons. The smallest absolute Gasteiger partial charge is 0.318 e. The van der Waals surface area contributed by atoms with Crippen LogP contribution >= 0.6 is 0 Å². The molecule has 8 heteroatoms. The highest BCUT2D eigenvalue weighted by Gasteiger charge is 2.34. The monoisotopic (exact) mass is 427 g/mol. The van der Waals surface area contributed by atoms with Gasteiger partial charge in [0.25, 0.3) is 0 Å². The van der Waals surface area contributed by atoms with Crippen molar-refractivity contribution in [2.24, 2.45) is 11.8 Å². The Morgan fingerprint density at radius 3 is 2.35 bits per heavy atom. The van der Waals surface area contributed by atoms with Crippen LogP contribution in [0, 0.1) is 23.2 Å². The van der Waals surface area contributed by atoms with Crippen molar-refractivity contribution in [2.45, 2.75) is 59.0 Å².